The molecule has 1 rings (SSSR count). The van der Waals surface area contributed by atoms with Crippen LogP contribution in [0.3, 0.4) is 0 Å². The number of carbonyl (C=O) groups is 1. The van der Waals surface area contributed by atoms with Gasteiger partial charge in [0.05, 0.1) is 11.5 Å². The number of nitrogens with one attached hydrogen (secondary N) is 1. The molecule has 112 valence electrons. The van der Waals surface area contributed by atoms with Crippen LogP contribution in [0.1, 0.15) is 19.8 Å². The highest BCUT2D eigenvalue weighted by atomic mass is 35.5. The van der Waals surface area contributed by atoms with Crippen LogP contribution in [0.25, 0.3) is 0 Å². The molecule has 0 fully saturated rings. The topological polar surface area (TPSA) is 72.5 Å². The van der Waals surface area contributed by atoms with Crippen LogP contribution < -0.4 is 4.72 Å². The summed E-state index contributed by atoms with van der Waals surface area (Å²) in [5.74, 6) is -0.629. The molecule has 0 saturated carbocycles. The Bertz CT molecular complexity index is 555. The van der Waals surface area contributed by atoms with Crippen LogP contribution in [-0.2, 0) is 19.6 Å². The van der Waals surface area contributed by atoms with E-state index in [9.17, 15) is 13.2 Å². The van der Waals surface area contributed by atoms with E-state index in [1.165, 1.54) is 18.2 Å². The highest BCUT2D eigenvalue weighted by Gasteiger charge is 2.17. The quantitative estimate of drug-likeness (QED) is 0.612. The molecule has 0 bridgehead atoms. The van der Waals surface area contributed by atoms with Gasteiger partial charge in [0.1, 0.15) is 6.54 Å². The first-order valence-electron chi connectivity index (χ1n) is 5.96. The molecule has 1 aromatic carbocycles. The summed E-state index contributed by atoms with van der Waals surface area (Å²) in [5, 5.41) is 0.395. The number of rotatable bonds is 7. The maximum Gasteiger partial charge on any atom is 0.321 e. The van der Waals surface area contributed by atoms with Crippen molar-refractivity contribution in [2.45, 2.75) is 24.7 Å². The van der Waals surface area contributed by atoms with Crippen molar-refractivity contribution < 1.29 is 17.9 Å². The Labute approximate surface area is 128 Å². The molecule has 1 N–H and O–H groups in total. The summed E-state index contributed by atoms with van der Waals surface area (Å²) in [6.45, 7) is 1.80. The molecule has 0 radical (unpaired) electrons. The fourth-order valence-electron chi connectivity index (χ4n) is 1.30. The fraction of sp³-hybridized carbons (Fsp3) is 0.417. The average molecular weight is 340 g/mol. The van der Waals surface area contributed by atoms with Gasteiger partial charge in [-0.15, -0.1) is 0 Å². The maximum atomic E-state index is 11.9. The molecule has 0 aliphatic heterocycles. The van der Waals surface area contributed by atoms with Crippen molar-refractivity contribution in [2.24, 2.45) is 0 Å². The predicted molar refractivity (Wildman–Crippen MR) is 77.5 cm³/mol. The molecule has 0 amide bonds. The summed E-state index contributed by atoms with van der Waals surface area (Å²) < 4.78 is 30.8. The van der Waals surface area contributed by atoms with E-state index in [1.54, 1.807) is 0 Å². The maximum absolute atomic E-state index is 11.9. The zero-order valence-corrected chi connectivity index (χ0v) is 13.2. The van der Waals surface area contributed by atoms with Crippen LogP contribution in [0.5, 0.6) is 0 Å². The molecule has 1 aromatic rings. The molecular formula is C12H15Cl2NO4S. The van der Waals surface area contributed by atoms with Gasteiger partial charge in [-0.2, -0.15) is 4.72 Å². The van der Waals surface area contributed by atoms with Gasteiger partial charge < -0.3 is 4.74 Å². The number of esters is 1. The molecule has 0 aliphatic carbocycles. The molecular weight excluding hydrogens is 325 g/mol. The SMILES string of the molecule is CCCCOC(=O)CNS(=O)(=O)c1cc(Cl)cc(Cl)c1. The minimum atomic E-state index is -3.85. The first-order valence-corrected chi connectivity index (χ1v) is 8.20. The van der Waals surface area contributed by atoms with Crippen molar-refractivity contribution in [3.05, 3.63) is 28.2 Å². The summed E-state index contributed by atoms with van der Waals surface area (Å²) in [6.07, 6.45) is 1.63. The summed E-state index contributed by atoms with van der Waals surface area (Å²) >= 11 is 11.5. The van der Waals surface area contributed by atoms with Gasteiger partial charge in [-0.05, 0) is 24.6 Å². The number of hydrogen-bond donors (Lipinski definition) is 1. The minimum absolute atomic E-state index is 0.101. The predicted octanol–water partition coefficient (Wildman–Crippen LogP) is 2.62. The molecule has 0 aromatic heterocycles. The molecule has 0 saturated heterocycles. The lowest BCUT2D eigenvalue weighted by atomic mass is 10.4. The zero-order valence-electron chi connectivity index (χ0n) is 10.9. The first kappa shape index (κ1) is 17.2. The van der Waals surface area contributed by atoms with Crippen LogP contribution in [0.15, 0.2) is 23.1 Å². The van der Waals surface area contributed by atoms with Crippen molar-refractivity contribution in [1.82, 2.24) is 4.72 Å². The Balaban J connectivity index is 2.64. The number of ether oxygens (including phenoxy) is 1. The fourth-order valence-corrected chi connectivity index (χ4v) is 3.00. The zero-order chi connectivity index (χ0) is 15.2. The van der Waals surface area contributed by atoms with Crippen LogP contribution in [0.4, 0.5) is 0 Å². The van der Waals surface area contributed by atoms with E-state index < -0.39 is 22.5 Å². The lowest BCUT2D eigenvalue weighted by Crippen LogP contribution is -2.30. The Morgan fingerprint density at radius 3 is 2.40 bits per heavy atom. The van der Waals surface area contributed by atoms with Crippen molar-refractivity contribution >= 4 is 39.2 Å². The van der Waals surface area contributed by atoms with E-state index in [4.69, 9.17) is 27.9 Å². The average Bonchev–Trinajstić information content (AvgIpc) is 2.36. The lowest BCUT2D eigenvalue weighted by molar-refractivity contribution is -0.142. The van der Waals surface area contributed by atoms with Gasteiger partial charge >= 0.3 is 5.97 Å². The standard InChI is InChI=1S/C12H15Cl2NO4S/c1-2-3-4-19-12(16)8-15-20(17,18)11-6-9(13)5-10(14)7-11/h5-7,15H,2-4,8H2,1H3. The van der Waals surface area contributed by atoms with Crippen LogP contribution in [0.2, 0.25) is 10.0 Å². The number of halogens is 2. The summed E-state index contributed by atoms with van der Waals surface area (Å²) in [6, 6.07) is 3.91. The normalized spacial score (nSPS) is 11.3. The number of unbranched alkanes of at least 4 members (excludes halogenated alkanes) is 1. The largest absolute Gasteiger partial charge is 0.465 e. The molecule has 0 aliphatic rings. The second kappa shape index (κ2) is 7.83. The van der Waals surface area contributed by atoms with E-state index in [2.05, 4.69) is 4.72 Å². The Morgan fingerprint density at radius 1 is 1.25 bits per heavy atom. The Hall–Kier alpha value is -0.820. The van der Waals surface area contributed by atoms with Gasteiger partial charge in [0.2, 0.25) is 10.0 Å². The molecule has 0 heterocycles. The number of hydrogen-bond acceptors (Lipinski definition) is 4. The van der Waals surface area contributed by atoms with Gasteiger partial charge in [0.15, 0.2) is 0 Å². The Kier molecular flexibility index (Phi) is 6.75. The van der Waals surface area contributed by atoms with E-state index >= 15 is 0 Å². The second-order valence-electron chi connectivity index (χ2n) is 4.00. The van der Waals surface area contributed by atoms with Crippen molar-refractivity contribution in [3.63, 3.8) is 0 Å². The third-order valence-electron chi connectivity index (χ3n) is 2.31. The third kappa shape index (κ3) is 5.66. The van der Waals surface area contributed by atoms with Crippen molar-refractivity contribution in [2.75, 3.05) is 13.2 Å². The van der Waals surface area contributed by atoms with E-state index in [0.717, 1.165) is 12.8 Å². The second-order valence-corrected chi connectivity index (χ2v) is 6.64. The van der Waals surface area contributed by atoms with E-state index in [-0.39, 0.29) is 21.5 Å². The number of sulfonamides is 1. The monoisotopic (exact) mass is 339 g/mol. The summed E-state index contributed by atoms with van der Waals surface area (Å²) in [7, 11) is -3.85. The van der Waals surface area contributed by atoms with Crippen LogP contribution >= 0.6 is 23.2 Å². The van der Waals surface area contributed by atoms with Crippen molar-refractivity contribution in [3.8, 4) is 0 Å². The van der Waals surface area contributed by atoms with E-state index in [0.29, 0.717) is 0 Å². The Morgan fingerprint density at radius 2 is 1.85 bits per heavy atom. The summed E-state index contributed by atoms with van der Waals surface area (Å²) in [5.41, 5.74) is 0. The molecule has 0 unspecified atom stereocenters. The third-order valence-corrected chi connectivity index (χ3v) is 4.13. The molecule has 20 heavy (non-hydrogen) atoms. The van der Waals surface area contributed by atoms with Gasteiger partial charge in [0.25, 0.3) is 0 Å². The summed E-state index contributed by atoms with van der Waals surface area (Å²) in [4.78, 5) is 11.2. The van der Waals surface area contributed by atoms with Gasteiger partial charge in [-0.25, -0.2) is 8.42 Å². The van der Waals surface area contributed by atoms with Crippen LogP contribution in [0, 0.1) is 0 Å². The van der Waals surface area contributed by atoms with Gasteiger partial charge in [0, 0.05) is 10.0 Å². The molecule has 0 spiro atoms. The lowest BCUT2D eigenvalue weighted by Gasteiger charge is -2.08. The molecule has 5 nitrogen and oxygen atoms in total. The highest BCUT2D eigenvalue weighted by molar-refractivity contribution is 7.89. The van der Waals surface area contributed by atoms with Crippen molar-refractivity contribution in [1.29, 1.82) is 0 Å². The highest BCUT2D eigenvalue weighted by Crippen LogP contribution is 2.22. The first-order chi connectivity index (χ1) is 9.35. The molecule has 0 atom stereocenters. The van der Waals surface area contributed by atoms with Gasteiger partial charge in [-0.1, -0.05) is 36.5 Å². The minimum Gasteiger partial charge on any atom is -0.465 e. The smallest absolute Gasteiger partial charge is 0.321 e. The molecule has 8 heteroatoms. The van der Waals surface area contributed by atoms with Crippen LogP contribution in [-0.4, -0.2) is 27.5 Å². The van der Waals surface area contributed by atoms with Gasteiger partial charge in [-0.3, -0.25) is 4.79 Å². The number of carbonyl (C=O) groups excluding carboxylic acids is 1. The van der Waals surface area contributed by atoms with E-state index in [1.807, 2.05) is 6.92 Å². The number of benzene rings is 1.